The Balaban J connectivity index is 2.96. The lowest BCUT2D eigenvalue weighted by molar-refractivity contribution is 0.200. The molecule has 0 aromatic carbocycles. The molecule has 0 fully saturated rings. The molecule has 12 heavy (non-hydrogen) atoms. The number of hydrogen-bond donors (Lipinski definition) is 2. The number of carbonyl (C=O) groups excluding carboxylic acids is 1. The maximum atomic E-state index is 10.6. The zero-order valence-electron chi connectivity index (χ0n) is 5.93. The van der Waals surface area contributed by atoms with E-state index < -0.39 is 12.1 Å². The summed E-state index contributed by atoms with van der Waals surface area (Å²) in [6, 6.07) is 0.253. The molecule has 1 aromatic heterocycles. The van der Waals surface area contributed by atoms with Crippen LogP contribution in [-0.4, -0.2) is 17.2 Å². The zero-order valence-corrected chi connectivity index (χ0v) is 5.93. The summed E-state index contributed by atoms with van der Waals surface area (Å²) in [5.41, 5.74) is 4.89. The molecule has 3 amide bonds. The quantitative estimate of drug-likeness (QED) is 0.652. The normalized spacial score (nSPS) is 9.33. The van der Waals surface area contributed by atoms with E-state index in [-0.39, 0.29) is 5.69 Å². The number of anilines is 1. The number of nitrogens with two attached hydrogens (primary N) is 1. The molecule has 1 rings (SSSR count). The van der Waals surface area contributed by atoms with Gasteiger partial charge >= 0.3 is 12.1 Å². The maximum absolute atomic E-state index is 10.6. The topological polar surface area (TPSA) is 96.8 Å². The Labute approximate surface area is 67.2 Å². The summed E-state index contributed by atoms with van der Waals surface area (Å²) >= 11 is 0. The van der Waals surface area contributed by atoms with Gasteiger partial charge in [-0.1, -0.05) is 0 Å². The number of furan rings is 1. The van der Waals surface area contributed by atoms with Crippen molar-refractivity contribution in [3.63, 3.8) is 0 Å². The summed E-state index contributed by atoms with van der Waals surface area (Å²) in [7, 11) is 0. The van der Waals surface area contributed by atoms with E-state index in [9.17, 15) is 9.59 Å². The minimum Gasteiger partial charge on any atom is -0.470 e. The van der Waals surface area contributed by atoms with Gasteiger partial charge in [0, 0.05) is 6.07 Å². The largest absolute Gasteiger partial charge is 0.470 e. The van der Waals surface area contributed by atoms with Gasteiger partial charge in [-0.05, 0) is 0 Å². The van der Waals surface area contributed by atoms with Crippen molar-refractivity contribution in [2.75, 3.05) is 4.90 Å². The number of hydrogen-bond acceptors (Lipinski definition) is 3. The summed E-state index contributed by atoms with van der Waals surface area (Å²) in [4.78, 5) is 21.4. The fraction of sp³-hybridized carbons (Fsp3) is 0. The van der Waals surface area contributed by atoms with Gasteiger partial charge < -0.3 is 15.3 Å². The third-order valence-corrected chi connectivity index (χ3v) is 1.18. The molecule has 3 N–H and O–H groups in total. The molecule has 0 unspecified atom stereocenters. The van der Waals surface area contributed by atoms with Crippen LogP contribution in [0.25, 0.3) is 0 Å². The van der Waals surface area contributed by atoms with Crippen molar-refractivity contribution in [2.24, 2.45) is 5.73 Å². The fourth-order valence-corrected chi connectivity index (χ4v) is 0.716. The average molecular weight is 170 g/mol. The van der Waals surface area contributed by atoms with Crippen LogP contribution in [0.4, 0.5) is 15.3 Å². The zero-order chi connectivity index (χ0) is 9.14. The molecule has 1 heterocycles. The van der Waals surface area contributed by atoms with E-state index >= 15 is 0 Å². The Bertz CT molecular complexity index is 279. The van der Waals surface area contributed by atoms with Crippen molar-refractivity contribution in [3.05, 3.63) is 18.6 Å². The Hall–Kier alpha value is -1.98. The molecule has 0 spiro atoms. The molecule has 0 aliphatic carbocycles. The van der Waals surface area contributed by atoms with Gasteiger partial charge in [0.25, 0.3) is 0 Å². The van der Waals surface area contributed by atoms with E-state index in [4.69, 9.17) is 10.8 Å². The lowest BCUT2D eigenvalue weighted by Gasteiger charge is -2.10. The molecule has 0 saturated heterocycles. The second-order valence-corrected chi connectivity index (χ2v) is 1.94. The molecule has 6 nitrogen and oxygen atoms in total. The summed E-state index contributed by atoms with van der Waals surface area (Å²) in [6.07, 6.45) is 0.913. The number of primary amides is 1. The molecule has 0 radical (unpaired) electrons. The minimum atomic E-state index is -1.44. The number of carbonyl (C=O) groups is 2. The molecular weight excluding hydrogens is 164 g/mol. The van der Waals surface area contributed by atoms with Crippen molar-refractivity contribution in [1.29, 1.82) is 0 Å². The lowest BCUT2D eigenvalue weighted by atomic mass is 10.5. The van der Waals surface area contributed by atoms with Crippen LogP contribution in [0.5, 0.6) is 0 Å². The van der Waals surface area contributed by atoms with E-state index in [1.807, 2.05) is 0 Å². The van der Waals surface area contributed by atoms with Crippen LogP contribution in [0.2, 0.25) is 0 Å². The van der Waals surface area contributed by atoms with Crippen LogP contribution in [0.1, 0.15) is 0 Å². The predicted molar refractivity (Wildman–Crippen MR) is 38.8 cm³/mol. The highest BCUT2D eigenvalue weighted by molar-refractivity contribution is 6.09. The van der Waals surface area contributed by atoms with Gasteiger partial charge in [-0.25, -0.2) is 9.59 Å². The van der Waals surface area contributed by atoms with Crippen LogP contribution in [0, 0.1) is 0 Å². The van der Waals surface area contributed by atoms with Crippen molar-refractivity contribution in [1.82, 2.24) is 0 Å². The number of rotatable bonds is 1. The minimum absolute atomic E-state index is 0.0926. The average Bonchev–Trinajstić information content (AvgIpc) is 2.37. The van der Waals surface area contributed by atoms with Gasteiger partial charge in [0.2, 0.25) is 0 Å². The summed E-state index contributed by atoms with van der Waals surface area (Å²) < 4.78 is 4.58. The van der Waals surface area contributed by atoms with Crippen LogP contribution in [0.15, 0.2) is 23.0 Å². The van der Waals surface area contributed by atoms with Gasteiger partial charge in [0.05, 0.1) is 12.0 Å². The summed E-state index contributed by atoms with van der Waals surface area (Å²) in [5, 5.41) is 8.50. The first-order chi connectivity index (χ1) is 5.63. The summed E-state index contributed by atoms with van der Waals surface area (Å²) in [6.45, 7) is 0. The first-order valence-corrected chi connectivity index (χ1v) is 2.97. The standard InChI is InChI=1S/C6H6N2O4/c7-5(9)8(6(10)11)4-1-2-12-3-4/h1-3H,(H2,7,9)(H,10,11). The van der Waals surface area contributed by atoms with Gasteiger partial charge in [0.1, 0.15) is 6.26 Å². The van der Waals surface area contributed by atoms with Crippen molar-refractivity contribution in [3.8, 4) is 0 Å². The van der Waals surface area contributed by atoms with E-state index in [1.165, 1.54) is 12.3 Å². The summed E-state index contributed by atoms with van der Waals surface area (Å²) in [5.74, 6) is 0. The number of carboxylic acid groups (broad SMARTS) is 1. The molecule has 0 aliphatic rings. The molecule has 0 bridgehead atoms. The van der Waals surface area contributed by atoms with Crippen LogP contribution in [0.3, 0.4) is 0 Å². The Morgan fingerprint density at radius 2 is 2.25 bits per heavy atom. The molecule has 0 atom stereocenters. The van der Waals surface area contributed by atoms with Crippen molar-refractivity contribution in [2.45, 2.75) is 0 Å². The molecule has 1 aromatic rings. The van der Waals surface area contributed by atoms with E-state index in [0.29, 0.717) is 4.90 Å². The third-order valence-electron chi connectivity index (χ3n) is 1.18. The van der Waals surface area contributed by atoms with Gasteiger partial charge in [-0.3, -0.25) is 0 Å². The van der Waals surface area contributed by atoms with E-state index in [0.717, 1.165) is 6.26 Å². The fourth-order valence-electron chi connectivity index (χ4n) is 0.716. The van der Waals surface area contributed by atoms with Gasteiger partial charge in [0.15, 0.2) is 0 Å². The first kappa shape index (κ1) is 8.12. The monoisotopic (exact) mass is 170 g/mol. The van der Waals surface area contributed by atoms with Crippen molar-refractivity contribution < 1.29 is 19.1 Å². The van der Waals surface area contributed by atoms with Crippen molar-refractivity contribution >= 4 is 17.8 Å². The van der Waals surface area contributed by atoms with E-state index in [1.54, 1.807) is 0 Å². The van der Waals surface area contributed by atoms with Crippen LogP contribution in [-0.2, 0) is 0 Å². The Kier molecular flexibility index (Phi) is 2.00. The van der Waals surface area contributed by atoms with Crippen LogP contribution < -0.4 is 10.6 Å². The van der Waals surface area contributed by atoms with Gasteiger partial charge in [-0.15, -0.1) is 0 Å². The number of amides is 3. The maximum Gasteiger partial charge on any atom is 0.420 e. The lowest BCUT2D eigenvalue weighted by Crippen LogP contribution is -2.39. The molecule has 64 valence electrons. The number of imide groups is 1. The second-order valence-electron chi connectivity index (χ2n) is 1.94. The van der Waals surface area contributed by atoms with Crippen LogP contribution >= 0.6 is 0 Å². The highest BCUT2D eigenvalue weighted by Gasteiger charge is 2.20. The third kappa shape index (κ3) is 1.36. The molecule has 0 saturated carbocycles. The Morgan fingerprint density at radius 1 is 1.58 bits per heavy atom. The van der Waals surface area contributed by atoms with Gasteiger partial charge in [-0.2, -0.15) is 4.90 Å². The number of urea groups is 1. The molecule has 0 aliphatic heterocycles. The van der Waals surface area contributed by atoms with E-state index in [2.05, 4.69) is 4.42 Å². The highest BCUT2D eigenvalue weighted by atomic mass is 16.4. The Morgan fingerprint density at radius 3 is 2.58 bits per heavy atom. The SMILES string of the molecule is NC(=O)N(C(=O)O)c1ccoc1. The smallest absolute Gasteiger partial charge is 0.420 e. The second kappa shape index (κ2) is 2.95. The predicted octanol–water partition coefficient (Wildman–Crippen LogP) is 0.843. The number of nitrogens with zero attached hydrogens (tertiary/aromatic N) is 1. The molecule has 6 heteroatoms. The molecular formula is C6H6N2O4. The first-order valence-electron chi connectivity index (χ1n) is 2.97. The highest BCUT2D eigenvalue weighted by Crippen LogP contribution is 2.13.